The average Bonchev–Trinajstić information content (AvgIpc) is 2.91. The lowest BCUT2D eigenvalue weighted by Gasteiger charge is -2.28. The van der Waals surface area contributed by atoms with Gasteiger partial charge in [-0.3, -0.25) is 4.90 Å². The summed E-state index contributed by atoms with van der Waals surface area (Å²) in [5.74, 6) is 1.43. The number of aliphatic hydroxyl groups excluding tert-OH is 1. The molecule has 5 heteroatoms. The molecule has 2 aliphatic rings. The Morgan fingerprint density at radius 1 is 1.33 bits per heavy atom. The molecule has 0 radical (unpaired) electrons. The van der Waals surface area contributed by atoms with Gasteiger partial charge in [0.05, 0.1) is 6.10 Å². The van der Waals surface area contributed by atoms with E-state index in [-0.39, 0.29) is 6.04 Å². The van der Waals surface area contributed by atoms with Crippen molar-refractivity contribution in [2.45, 2.75) is 38.0 Å². The van der Waals surface area contributed by atoms with Crippen LogP contribution in [-0.4, -0.2) is 48.4 Å². The van der Waals surface area contributed by atoms with Crippen molar-refractivity contribution < 1.29 is 14.6 Å². The van der Waals surface area contributed by atoms with E-state index in [1.807, 2.05) is 18.2 Å². The smallest absolute Gasteiger partial charge is 0.161 e. The van der Waals surface area contributed by atoms with Crippen LogP contribution in [0.1, 0.15) is 31.4 Å². The Morgan fingerprint density at radius 2 is 2.10 bits per heavy atom. The van der Waals surface area contributed by atoms with Gasteiger partial charge in [-0.1, -0.05) is 6.07 Å². The Kier molecular flexibility index (Phi) is 4.33. The maximum Gasteiger partial charge on any atom is 0.161 e. The number of aliphatic hydroxyl groups is 1. The van der Waals surface area contributed by atoms with Gasteiger partial charge in [-0.05, 0) is 44.0 Å². The Balaban J connectivity index is 1.67. The van der Waals surface area contributed by atoms with Crippen molar-refractivity contribution in [2.24, 2.45) is 5.73 Å². The van der Waals surface area contributed by atoms with E-state index in [0.29, 0.717) is 25.0 Å². The fraction of sp³-hybridized carbons (Fsp3) is 0.625. The molecule has 0 bridgehead atoms. The molecule has 0 unspecified atom stereocenters. The van der Waals surface area contributed by atoms with Gasteiger partial charge in [0.25, 0.3) is 0 Å². The summed E-state index contributed by atoms with van der Waals surface area (Å²) >= 11 is 0. The normalized spacial score (nSPS) is 24.8. The number of hydrogen-bond donors (Lipinski definition) is 2. The van der Waals surface area contributed by atoms with Crippen LogP contribution in [-0.2, 0) is 0 Å². The van der Waals surface area contributed by atoms with Crippen molar-refractivity contribution in [3.63, 3.8) is 0 Å². The molecular formula is C16H24N2O3. The minimum absolute atomic E-state index is 0.298. The van der Waals surface area contributed by atoms with Gasteiger partial charge in [-0.15, -0.1) is 0 Å². The third kappa shape index (κ3) is 3.15. The molecule has 0 saturated carbocycles. The van der Waals surface area contributed by atoms with E-state index >= 15 is 0 Å². The average molecular weight is 292 g/mol. The molecular weight excluding hydrogens is 268 g/mol. The zero-order chi connectivity index (χ0) is 14.8. The number of benzene rings is 1. The lowest BCUT2D eigenvalue weighted by molar-refractivity contribution is 0.115. The first-order chi connectivity index (χ1) is 10.1. The first-order valence-corrected chi connectivity index (χ1v) is 7.72. The number of ether oxygens (including phenoxy) is 2. The number of fused-ring (bicyclic) bond motifs is 1. The van der Waals surface area contributed by atoms with Gasteiger partial charge < -0.3 is 20.3 Å². The minimum Gasteiger partial charge on any atom is -0.486 e. The van der Waals surface area contributed by atoms with Gasteiger partial charge in [0.1, 0.15) is 13.2 Å². The van der Waals surface area contributed by atoms with Gasteiger partial charge in [0.2, 0.25) is 0 Å². The molecule has 0 amide bonds. The largest absolute Gasteiger partial charge is 0.486 e. The van der Waals surface area contributed by atoms with Gasteiger partial charge in [0.15, 0.2) is 11.5 Å². The van der Waals surface area contributed by atoms with Crippen LogP contribution in [0.4, 0.5) is 0 Å². The van der Waals surface area contributed by atoms with Crippen molar-refractivity contribution in [1.82, 2.24) is 4.90 Å². The highest BCUT2D eigenvalue weighted by Gasteiger charge is 2.26. The molecule has 0 spiro atoms. The highest BCUT2D eigenvalue weighted by Crippen LogP contribution is 2.33. The van der Waals surface area contributed by atoms with Gasteiger partial charge in [0, 0.05) is 18.6 Å². The van der Waals surface area contributed by atoms with Gasteiger partial charge in [-0.25, -0.2) is 0 Å². The molecule has 2 heterocycles. The second-order valence-corrected chi connectivity index (χ2v) is 6.00. The number of nitrogens with zero attached hydrogens (tertiary/aromatic N) is 1. The lowest BCUT2D eigenvalue weighted by Crippen LogP contribution is -2.42. The standard InChI is InChI=1S/C16H24N2O3/c1-11-3-2-6-18(11)10-13(17)16(19)12-4-5-14-15(9-12)21-8-7-20-14/h4-5,9,11,13,16,19H,2-3,6-8,10,17H2,1H3/t11-,13-,16-/m1/s1. The number of hydrogen-bond acceptors (Lipinski definition) is 5. The van der Waals surface area contributed by atoms with Crippen LogP contribution in [0.5, 0.6) is 11.5 Å². The second-order valence-electron chi connectivity index (χ2n) is 6.00. The first kappa shape index (κ1) is 14.6. The molecule has 3 rings (SSSR count). The Labute approximate surface area is 125 Å². The molecule has 1 fully saturated rings. The summed E-state index contributed by atoms with van der Waals surface area (Å²) in [6, 6.07) is 5.81. The van der Waals surface area contributed by atoms with Gasteiger partial charge in [-0.2, -0.15) is 0 Å². The number of rotatable bonds is 4. The van der Waals surface area contributed by atoms with Crippen molar-refractivity contribution in [3.8, 4) is 11.5 Å². The third-order valence-corrected chi connectivity index (χ3v) is 4.45. The fourth-order valence-corrected chi connectivity index (χ4v) is 3.13. The molecule has 1 saturated heterocycles. The van der Waals surface area contributed by atoms with Crippen molar-refractivity contribution in [2.75, 3.05) is 26.3 Å². The third-order valence-electron chi connectivity index (χ3n) is 4.45. The monoisotopic (exact) mass is 292 g/mol. The van der Waals surface area contributed by atoms with E-state index in [1.165, 1.54) is 12.8 Å². The molecule has 1 aromatic carbocycles. The second kappa shape index (κ2) is 6.22. The van der Waals surface area contributed by atoms with Crippen LogP contribution in [0.25, 0.3) is 0 Å². The van der Waals surface area contributed by atoms with E-state index < -0.39 is 6.10 Å². The van der Waals surface area contributed by atoms with Crippen molar-refractivity contribution in [3.05, 3.63) is 23.8 Å². The zero-order valence-electron chi connectivity index (χ0n) is 12.5. The van der Waals surface area contributed by atoms with Crippen LogP contribution in [0.15, 0.2) is 18.2 Å². The first-order valence-electron chi connectivity index (χ1n) is 7.72. The summed E-state index contributed by atoms with van der Waals surface area (Å²) in [4.78, 5) is 2.35. The van der Waals surface area contributed by atoms with E-state index in [2.05, 4.69) is 11.8 Å². The lowest BCUT2D eigenvalue weighted by atomic mass is 10.0. The summed E-state index contributed by atoms with van der Waals surface area (Å²) in [5, 5.41) is 10.5. The van der Waals surface area contributed by atoms with Crippen LogP contribution in [0, 0.1) is 0 Å². The summed E-state index contributed by atoms with van der Waals surface area (Å²) < 4.78 is 11.1. The van der Waals surface area contributed by atoms with E-state index in [0.717, 1.165) is 24.4 Å². The SMILES string of the molecule is C[C@@H]1CCCN1C[C@@H](N)[C@H](O)c1ccc2c(c1)OCCO2. The highest BCUT2D eigenvalue weighted by atomic mass is 16.6. The molecule has 3 N–H and O–H groups in total. The zero-order valence-corrected chi connectivity index (χ0v) is 12.5. The predicted octanol–water partition coefficient (Wildman–Crippen LogP) is 1.30. The topological polar surface area (TPSA) is 68.0 Å². The maximum atomic E-state index is 10.5. The maximum absolute atomic E-state index is 10.5. The van der Waals surface area contributed by atoms with Crippen LogP contribution in [0.2, 0.25) is 0 Å². The van der Waals surface area contributed by atoms with Crippen LogP contribution < -0.4 is 15.2 Å². The molecule has 116 valence electrons. The molecule has 2 aliphatic heterocycles. The van der Waals surface area contributed by atoms with Crippen LogP contribution >= 0.6 is 0 Å². The fourth-order valence-electron chi connectivity index (χ4n) is 3.13. The van der Waals surface area contributed by atoms with Crippen LogP contribution in [0.3, 0.4) is 0 Å². The molecule has 5 nitrogen and oxygen atoms in total. The van der Waals surface area contributed by atoms with Crippen molar-refractivity contribution in [1.29, 1.82) is 0 Å². The number of likely N-dealkylation sites (tertiary alicyclic amines) is 1. The number of nitrogens with two attached hydrogens (primary N) is 1. The van der Waals surface area contributed by atoms with E-state index in [1.54, 1.807) is 0 Å². The summed E-state index contributed by atoms with van der Waals surface area (Å²) in [6.45, 7) is 5.13. The van der Waals surface area contributed by atoms with E-state index in [4.69, 9.17) is 15.2 Å². The van der Waals surface area contributed by atoms with Gasteiger partial charge >= 0.3 is 0 Å². The highest BCUT2D eigenvalue weighted by molar-refractivity contribution is 5.44. The molecule has 0 aliphatic carbocycles. The molecule has 3 atom stereocenters. The summed E-state index contributed by atoms with van der Waals surface area (Å²) in [5.41, 5.74) is 6.99. The minimum atomic E-state index is -0.686. The molecule has 1 aromatic rings. The summed E-state index contributed by atoms with van der Waals surface area (Å²) in [6.07, 6.45) is 1.74. The predicted molar refractivity (Wildman–Crippen MR) is 80.6 cm³/mol. The van der Waals surface area contributed by atoms with Crippen molar-refractivity contribution >= 4 is 0 Å². The Morgan fingerprint density at radius 3 is 2.81 bits per heavy atom. The molecule has 21 heavy (non-hydrogen) atoms. The Hall–Kier alpha value is -1.30. The Bertz CT molecular complexity index is 494. The van der Waals surface area contributed by atoms with E-state index in [9.17, 15) is 5.11 Å². The quantitative estimate of drug-likeness (QED) is 0.875. The summed E-state index contributed by atoms with van der Waals surface area (Å²) in [7, 11) is 0. The molecule has 0 aromatic heterocycles.